The zero-order valence-corrected chi connectivity index (χ0v) is 17.6. The number of hydrogen-bond donors (Lipinski definition) is 1. The zero-order chi connectivity index (χ0) is 21.1. The zero-order valence-electron chi connectivity index (χ0n) is 17.6. The molecule has 0 unspecified atom stereocenters. The van der Waals surface area contributed by atoms with Crippen molar-refractivity contribution in [1.82, 2.24) is 24.6 Å². The van der Waals surface area contributed by atoms with Crippen molar-refractivity contribution in [3.8, 4) is 0 Å². The first kappa shape index (κ1) is 20.8. The lowest BCUT2D eigenvalue weighted by atomic mass is 10.0. The fourth-order valence-electron chi connectivity index (χ4n) is 3.52. The summed E-state index contributed by atoms with van der Waals surface area (Å²) in [6.07, 6.45) is 3.68. The smallest absolute Gasteiger partial charge is 0.225 e. The van der Waals surface area contributed by atoms with Crippen molar-refractivity contribution < 1.29 is 9.18 Å². The quantitative estimate of drug-likeness (QED) is 0.664. The second-order valence-corrected chi connectivity index (χ2v) is 7.85. The number of carbonyl (C=O) groups is 1. The van der Waals surface area contributed by atoms with E-state index < -0.39 is 6.04 Å². The summed E-state index contributed by atoms with van der Waals surface area (Å²) in [7, 11) is 1.85. The molecule has 0 fully saturated rings. The van der Waals surface area contributed by atoms with Crippen LogP contribution in [0.4, 0.5) is 4.39 Å². The number of halogens is 1. The van der Waals surface area contributed by atoms with Gasteiger partial charge in [0.15, 0.2) is 0 Å². The van der Waals surface area contributed by atoms with Crippen molar-refractivity contribution in [2.75, 3.05) is 0 Å². The molecule has 1 aromatic carbocycles. The van der Waals surface area contributed by atoms with Crippen LogP contribution in [0.2, 0.25) is 0 Å². The average molecular weight is 397 g/mol. The Labute approximate surface area is 170 Å². The molecule has 2 aromatic heterocycles. The molecule has 29 heavy (non-hydrogen) atoms. The molecule has 0 aliphatic heterocycles. The minimum Gasteiger partial charge on any atom is -0.342 e. The number of hydrogen-bond acceptors (Lipinski definition) is 3. The number of amides is 1. The molecule has 0 bridgehead atoms. The van der Waals surface area contributed by atoms with Crippen LogP contribution in [0.5, 0.6) is 0 Å². The Balaban J connectivity index is 1.85. The molecule has 0 spiro atoms. The Kier molecular flexibility index (Phi) is 6.15. The van der Waals surface area contributed by atoms with Crippen LogP contribution in [0, 0.1) is 25.6 Å². The molecule has 1 N–H and O–H groups in total. The number of benzene rings is 1. The van der Waals surface area contributed by atoms with E-state index in [4.69, 9.17) is 0 Å². The number of aromatic nitrogens is 4. The first-order valence-electron chi connectivity index (χ1n) is 9.81. The fraction of sp³-hybridized carbons (Fsp3) is 0.409. The van der Waals surface area contributed by atoms with Gasteiger partial charge < -0.3 is 9.88 Å². The van der Waals surface area contributed by atoms with Crippen LogP contribution >= 0.6 is 0 Å². The lowest BCUT2D eigenvalue weighted by molar-refractivity contribution is -0.121. The molecular formula is C22H28FN5O. The number of aryl methyl sites for hydroxylation is 2. The standard InChI is InChI=1S/C22H28FN5O/c1-14(2)13-28-16(4)19(15(3)26-28)12-20(29)25-21(22-24-9-10-27(22)5)17-7-6-8-18(23)11-17/h6-11,14,21H,12-13H2,1-5H3,(H,25,29)/t21-/m1/s1. The molecule has 1 atom stereocenters. The second-order valence-electron chi connectivity index (χ2n) is 7.85. The second kappa shape index (κ2) is 8.59. The minimum atomic E-state index is -0.537. The summed E-state index contributed by atoms with van der Waals surface area (Å²) in [5.41, 5.74) is 3.45. The first-order chi connectivity index (χ1) is 13.8. The Bertz CT molecular complexity index is 1000. The summed E-state index contributed by atoms with van der Waals surface area (Å²) in [6, 6.07) is 5.70. The minimum absolute atomic E-state index is 0.155. The van der Waals surface area contributed by atoms with Gasteiger partial charge in [-0.1, -0.05) is 26.0 Å². The van der Waals surface area contributed by atoms with E-state index in [-0.39, 0.29) is 18.1 Å². The summed E-state index contributed by atoms with van der Waals surface area (Å²) in [5.74, 6) is 0.610. The van der Waals surface area contributed by atoms with Crippen molar-refractivity contribution in [3.63, 3.8) is 0 Å². The number of nitrogens with one attached hydrogen (secondary N) is 1. The van der Waals surface area contributed by atoms with Gasteiger partial charge in [-0.15, -0.1) is 0 Å². The van der Waals surface area contributed by atoms with Crippen LogP contribution in [0.15, 0.2) is 36.7 Å². The molecule has 0 saturated heterocycles. The SMILES string of the molecule is Cc1nn(CC(C)C)c(C)c1CC(=O)N[C@H](c1cccc(F)c1)c1nccn1C. The maximum absolute atomic E-state index is 13.8. The third-order valence-corrected chi connectivity index (χ3v) is 5.01. The van der Waals surface area contributed by atoms with Crippen LogP contribution in [0.1, 0.15) is 48.2 Å². The predicted molar refractivity (Wildman–Crippen MR) is 110 cm³/mol. The van der Waals surface area contributed by atoms with Gasteiger partial charge in [-0.05, 0) is 37.5 Å². The van der Waals surface area contributed by atoms with Gasteiger partial charge in [-0.25, -0.2) is 9.37 Å². The molecule has 0 saturated carbocycles. The molecule has 0 aliphatic rings. The molecule has 3 rings (SSSR count). The summed E-state index contributed by atoms with van der Waals surface area (Å²) < 4.78 is 17.6. The molecule has 6 nitrogen and oxygen atoms in total. The van der Waals surface area contributed by atoms with E-state index in [2.05, 4.69) is 29.2 Å². The van der Waals surface area contributed by atoms with E-state index in [9.17, 15) is 9.18 Å². The molecule has 7 heteroatoms. The van der Waals surface area contributed by atoms with Gasteiger partial charge in [0.1, 0.15) is 17.7 Å². The van der Waals surface area contributed by atoms with Gasteiger partial charge in [0.2, 0.25) is 5.91 Å². The van der Waals surface area contributed by atoms with E-state index in [1.165, 1.54) is 12.1 Å². The summed E-state index contributed by atoms with van der Waals surface area (Å²) in [6.45, 7) is 9.01. The van der Waals surface area contributed by atoms with E-state index >= 15 is 0 Å². The molecule has 0 radical (unpaired) electrons. The lowest BCUT2D eigenvalue weighted by Crippen LogP contribution is -2.32. The molecular weight excluding hydrogens is 369 g/mol. The highest BCUT2D eigenvalue weighted by Gasteiger charge is 2.23. The van der Waals surface area contributed by atoms with E-state index in [0.29, 0.717) is 17.3 Å². The monoisotopic (exact) mass is 397 g/mol. The maximum Gasteiger partial charge on any atom is 0.225 e. The van der Waals surface area contributed by atoms with Gasteiger partial charge >= 0.3 is 0 Å². The molecule has 1 amide bonds. The Hall–Kier alpha value is -2.96. The Morgan fingerprint density at radius 3 is 2.66 bits per heavy atom. The molecule has 154 valence electrons. The van der Waals surface area contributed by atoms with Gasteiger partial charge in [0, 0.05) is 37.2 Å². The highest BCUT2D eigenvalue weighted by atomic mass is 19.1. The van der Waals surface area contributed by atoms with Crippen LogP contribution in [-0.2, 0) is 24.8 Å². The average Bonchev–Trinajstić information content (AvgIpc) is 3.18. The highest BCUT2D eigenvalue weighted by Crippen LogP contribution is 2.22. The van der Waals surface area contributed by atoms with Crippen LogP contribution in [-0.4, -0.2) is 25.2 Å². The van der Waals surface area contributed by atoms with Crippen molar-refractivity contribution in [1.29, 1.82) is 0 Å². The summed E-state index contributed by atoms with van der Waals surface area (Å²) in [4.78, 5) is 17.3. The third kappa shape index (κ3) is 4.72. The Morgan fingerprint density at radius 1 is 1.28 bits per heavy atom. The Morgan fingerprint density at radius 2 is 2.03 bits per heavy atom. The van der Waals surface area contributed by atoms with E-state index in [1.807, 2.05) is 30.1 Å². The van der Waals surface area contributed by atoms with Gasteiger partial charge in [0.05, 0.1) is 12.1 Å². The van der Waals surface area contributed by atoms with Gasteiger partial charge in [-0.3, -0.25) is 9.48 Å². The topological polar surface area (TPSA) is 64.7 Å². The maximum atomic E-state index is 13.8. The number of imidazole rings is 1. The summed E-state index contributed by atoms with van der Waals surface area (Å²) >= 11 is 0. The van der Waals surface area contributed by atoms with E-state index in [0.717, 1.165) is 23.5 Å². The number of nitrogens with zero attached hydrogens (tertiary/aromatic N) is 4. The number of rotatable bonds is 7. The number of carbonyl (C=O) groups excluding carboxylic acids is 1. The van der Waals surface area contributed by atoms with Gasteiger partial charge in [-0.2, -0.15) is 5.10 Å². The summed E-state index contributed by atoms with van der Waals surface area (Å²) in [5, 5.41) is 7.62. The third-order valence-electron chi connectivity index (χ3n) is 5.01. The lowest BCUT2D eigenvalue weighted by Gasteiger charge is -2.19. The van der Waals surface area contributed by atoms with Crippen LogP contribution < -0.4 is 5.32 Å². The van der Waals surface area contributed by atoms with Crippen molar-refractivity contribution in [3.05, 3.63) is 70.8 Å². The van der Waals surface area contributed by atoms with Gasteiger partial charge in [0.25, 0.3) is 0 Å². The van der Waals surface area contributed by atoms with Crippen molar-refractivity contribution in [2.24, 2.45) is 13.0 Å². The van der Waals surface area contributed by atoms with E-state index in [1.54, 1.807) is 24.5 Å². The largest absolute Gasteiger partial charge is 0.342 e. The molecule has 2 heterocycles. The molecule has 0 aliphatic carbocycles. The van der Waals surface area contributed by atoms with Crippen LogP contribution in [0.25, 0.3) is 0 Å². The predicted octanol–water partition coefficient (Wildman–Crippen LogP) is 3.48. The normalized spacial score (nSPS) is 12.4. The molecule has 3 aromatic rings. The van der Waals surface area contributed by atoms with Crippen LogP contribution in [0.3, 0.4) is 0 Å². The van der Waals surface area contributed by atoms with Crippen molar-refractivity contribution in [2.45, 2.75) is 46.7 Å². The first-order valence-corrected chi connectivity index (χ1v) is 9.81. The highest BCUT2D eigenvalue weighted by molar-refractivity contribution is 5.80. The fourth-order valence-corrected chi connectivity index (χ4v) is 3.52. The van der Waals surface area contributed by atoms with Crippen molar-refractivity contribution >= 4 is 5.91 Å².